The van der Waals surface area contributed by atoms with Crippen LogP contribution in [0.4, 0.5) is 0 Å². The Morgan fingerprint density at radius 2 is 2.15 bits per heavy atom. The summed E-state index contributed by atoms with van der Waals surface area (Å²) in [5.41, 5.74) is 0.950. The summed E-state index contributed by atoms with van der Waals surface area (Å²) in [6.45, 7) is 4.85. The van der Waals surface area contributed by atoms with Crippen molar-refractivity contribution in [2.24, 2.45) is 0 Å². The van der Waals surface area contributed by atoms with Crippen LogP contribution in [0.25, 0.3) is 10.4 Å². The van der Waals surface area contributed by atoms with E-state index in [1.165, 1.54) is 11.5 Å². The minimum atomic E-state index is -0.537. The molecular formula is C14H19N3O2S. The van der Waals surface area contributed by atoms with E-state index in [9.17, 15) is 5.11 Å². The number of para-hydroxylation sites is 1. The topological polar surface area (TPSA) is 67.3 Å². The zero-order valence-electron chi connectivity index (χ0n) is 11.6. The van der Waals surface area contributed by atoms with Gasteiger partial charge in [-0.25, -0.2) is 0 Å². The van der Waals surface area contributed by atoms with Crippen LogP contribution in [0.2, 0.25) is 0 Å². The third-order valence-electron chi connectivity index (χ3n) is 2.71. The lowest BCUT2D eigenvalue weighted by molar-refractivity contribution is 0.105. The number of rotatable bonds is 7. The largest absolute Gasteiger partial charge is 0.490 e. The smallest absolute Gasteiger partial charge is 0.128 e. The summed E-state index contributed by atoms with van der Waals surface area (Å²) in [5, 5.41) is 16.9. The molecule has 20 heavy (non-hydrogen) atoms. The zero-order valence-corrected chi connectivity index (χ0v) is 12.4. The fourth-order valence-electron chi connectivity index (χ4n) is 1.70. The molecule has 108 valence electrons. The maximum absolute atomic E-state index is 9.87. The summed E-state index contributed by atoms with van der Waals surface area (Å²) in [5.74, 6) is 0.738. The van der Waals surface area contributed by atoms with Crippen molar-refractivity contribution in [1.82, 2.24) is 14.9 Å². The van der Waals surface area contributed by atoms with Gasteiger partial charge in [0, 0.05) is 18.2 Å². The number of ether oxygens (including phenoxy) is 1. The Morgan fingerprint density at radius 3 is 2.85 bits per heavy atom. The summed E-state index contributed by atoms with van der Waals surface area (Å²) in [4.78, 5) is 0.954. The third-order valence-corrected chi connectivity index (χ3v) is 3.40. The van der Waals surface area contributed by atoms with Gasteiger partial charge in [0.1, 0.15) is 18.5 Å². The quantitative estimate of drug-likeness (QED) is 0.816. The lowest BCUT2D eigenvalue weighted by Gasteiger charge is -2.16. The first-order chi connectivity index (χ1) is 9.66. The standard InChI is InChI=1S/C14H19N3O2S/c1-10(2)15-7-11(18)9-19-13-6-4-3-5-12(13)14-8-16-17-20-14/h3-6,8,10-11,15,18H,7,9H2,1-2H3. The lowest BCUT2D eigenvalue weighted by atomic mass is 10.2. The van der Waals surface area contributed by atoms with Crippen molar-refractivity contribution in [3.63, 3.8) is 0 Å². The summed E-state index contributed by atoms with van der Waals surface area (Å²) < 4.78 is 9.58. The van der Waals surface area contributed by atoms with Crippen LogP contribution in [-0.2, 0) is 0 Å². The highest BCUT2D eigenvalue weighted by molar-refractivity contribution is 7.09. The molecule has 1 atom stereocenters. The summed E-state index contributed by atoms with van der Waals surface area (Å²) in [7, 11) is 0. The maximum atomic E-state index is 9.87. The monoisotopic (exact) mass is 293 g/mol. The Kier molecular flexibility index (Phi) is 5.46. The van der Waals surface area contributed by atoms with Gasteiger partial charge in [0.2, 0.25) is 0 Å². The number of nitrogens with zero attached hydrogens (tertiary/aromatic N) is 2. The minimum Gasteiger partial charge on any atom is -0.490 e. The molecule has 0 fully saturated rings. The molecule has 0 bridgehead atoms. The van der Waals surface area contributed by atoms with Crippen molar-refractivity contribution < 1.29 is 9.84 Å². The molecule has 2 rings (SSSR count). The van der Waals surface area contributed by atoms with Gasteiger partial charge in [0.05, 0.1) is 11.1 Å². The molecule has 2 aromatic rings. The average Bonchev–Trinajstić information content (AvgIpc) is 2.97. The Hall–Kier alpha value is -1.50. The molecule has 0 aliphatic heterocycles. The van der Waals surface area contributed by atoms with Gasteiger partial charge in [-0.05, 0) is 23.7 Å². The molecule has 0 amide bonds. The molecule has 1 unspecified atom stereocenters. The summed E-state index contributed by atoms with van der Waals surface area (Å²) >= 11 is 1.32. The van der Waals surface area contributed by atoms with Crippen LogP contribution in [0, 0.1) is 0 Å². The van der Waals surface area contributed by atoms with E-state index in [-0.39, 0.29) is 6.61 Å². The van der Waals surface area contributed by atoms with Crippen molar-refractivity contribution in [2.75, 3.05) is 13.2 Å². The Morgan fingerprint density at radius 1 is 1.35 bits per heavy atom. The van der Waals surface area contributed by atoms with E-state index < -0.39 is 6.10 Å². The van der Waals surface area contributed by atoms with Crippen LogP contribution >= 0.6 is 11.5 Å². The Labute approximate surface area is 122 Å². The summed E-state index contributed by atoms with van der Waals surface area (Å²) in [6.07, 6.45) is 1.17. The van der Waals surface area contributed by atoms with Gasteiger partial charge in [-0.3, -0.25) is 0 Å². The number of hydrogen-bond acceptors (Lipinski definition) is 6. The van der Waals surface area contributed by atoms with Crippen molar-refractivity contribution in [3.8, 4) is 16.2 Å². The van der Waals surface area contributed by atoms with E-state index in [1.54, 1.807) is 6.20 Å². The second kappa shape index (κ2) is 7.33. The molecule has 0 spiro atoms. The van der Waals surface area contributed by atoms with Crippen molar-refractivity contribution in [2.45, 2.75) is 26.0 Å². The number of benzene rings is 1. The summed E-state index contributed by atoms with van der Waals surface area (Å²) in [6, 6.07) is 8.05. The van der Waals surface area contributed by atoms with E-state index in [2.05, 4.69) is 14.9 Å². The van der Waals surface area contributed by atoms with Gasteiger partial charge in [0.25, 0.3) is 0 Å². The van der Waals surface area contributed by atoms with E-state index in [4.69, 9.17) is 4.74 Å². The van der Waals surface area contributed by atoms with Gasteiger partial charge < -0.3 is 15.2 Å². The number of aromatic nitrogens is 2. The Balaban J connectivity index is 1.96. The molecule has 0 saturated heterocycles. The number of aliphatic hydroxyl groups is 1. The lowest BCUT2D eigenvalue weighted by Crippen LogP contribution is -2.35. The normalized spacial score (nSPS) is 12.6. The molecule has 6 heteroatoms. The second-order valence-corrected chi connectivity index (χ2v) is 5.59. The van der Waals surface area contributed by atoms with Crippen LogP contribution in [0.3, 0.4) is 0 Å². The van der Waals surface area contributed by atoms with E-state index in [0.717, 1.165) is 16.2 Å². The predicted octanol–water partition coefficient (Wildman–Crippen LogP) is 1.94. The van der Waals surface area contributed by atoms with Crippen LogP contribution in [0.1, 0.15) is 13.8 Å². The fraction of sp³-hybridized carbons (Fsp3) is 0.429. The van der Waals surface area contributed by atoms with Crippen molar-refractivity contribution in [1.29, 1.82) is 0 Å². The third kappa shape index (κ3) is 4.26. The second-order valence-electron chi connectivity index (χ2n) is 4.81. The molecule has 0 radical (unpaired) electrons. The zero-order chi connectivity index (χ0) is 14.4. The number of nitrogens with one attached hydrogen (secondary N) is 1. The van der Waals surface area contributed by atoms with E-state index in [1.807, 2.05) is 38.1 Å². The van der Waals surface area contributed by atoms with Gasteiger partial charge in [-0.1, -0.05) is 30.5 Å². The molecule has 1 aromatic carbocycles. The van der Waals surface area contributed by atoms with Gasteiger partial charge in [0.15, 0.2) is 0 Å². The van der Waals surface area contributed by atoms with Crippen LogP contribution < -0.4 is 10.1 Å². The molecule has 0 aliphatic carbocycles. The first-order valence-electron chi connectivity index (χ1n) is 6.58. The van der Waals surface area contributed by atoms with Gasteiger partial charge >= 0.3 is 0 Å². The SMILES string of the molecule is CC(C)NCC(O)COc1ccccc1-c1cnns1. The highest BCUT2D eigenvalue weighted by Crippen LogP contribution is 2.31. The highest BCUT2D eigenvalue weighted by Gasteiger charge is 2.11. The van der Waals surface area contributed by atoms with Crippen molar-refractivity contribution >= 4 is 11.5 Å². The fourth-order valence-corrected chi connectivity index (χ4v) is 2.24. The molecular weight excluding hydrogens is 274 g/mol. The van der Waals surface area contributed by atoms with Gasteiger partial charge in [-0.2, -0.15) is 0 Å². The van der Waals surface area contributed by atoms with Crippen molar-refractivity contribution in [3.05, 3.63) is 30.5 Å². The maximum Gasteiger partial charge on any atom is 0.128 e. The highest BCUT2D eigenvalue weighted by atomic mass is 32.1. The van der Waals surface area contributed by atoms with Crippen LogP contribution in [0.5, 0.6) is 5.75 Å². The number of hydrogen-bond donors (Lipinski definition) is 2. The molecule has 2 N–H and O–H groups in total. The van der Waals surface area contributed by atoms with Crippen LogP contribution in [-0.4, -0.2) is 40.0 Å². The predicted molar refractivity (Wildman–Crippen MR) is 80.0 cm³/mol. The minimum absolute atomic E-state index is 0.253. The molecule has 1 aromatic heterocycles. The number of aliphatic hydroxyl groups excluding tert-OH is 1. The first-order valence-corrected chi connectivity index (χ1v) is 7.35. The first kappa shape index (κ1) is 14.9. The molecule has 0 aliphatic rings. The molecule has 1 heterocycles. The molecule has 5 nitrogen and oxygen atoms in total. The van der Waals surface area contributed by atoms with Gasteiger partial charge in [-0.15, -0.1) is 5.10 Å². The van der Waals surface area contributed by atoms with Crippen LogP contribution in [0.15, 0.2) is 30.5 Å². The van der Waals surface area contributed by atoms with E-state index in [0.29, 0.717) is 12.6 Å². The Bertz CT molecular complexity index is 517. The average molecular weight is 293 g/mol. The van der Waals surface area contributed by atoms with E-state index >= 15 is 0 Å². The molecule has 0 saturated carbocycles.